The van der Waals surface area contributed by atoms with Gasteiger partial charge in [-0.1, -0.05) is 11.6 Å². The molecule has 2 aromatic carbocycles. The molecular weight excluding hydrogens is 554 g/mol. The fourth-order valence-corrected chi connectivity index (χ4v) is 4.96. The molecule has 0 saturated carbocycles. The maximum Gasteiger partial charge on any atom is 0.236 e. The van der Waals surface area contributed by atoms with Crippen LogP contribution in [0.15, 0.2) is 55.0 Å². The first-order chi connectivity index (χ1) is 20.2. The Balaban J connectivity index is 1.39. The van der Waals surface area contributed by atoms with Crippen molar-refractivity contribution < 1.29 is 9.53 Å². The summed E-state index contributed by atoms with van der Waals surface area (Å²) in [6.45, 7) is 2.03. The summed E-state index contributed by atoms with van der Waals surface area (Å²) in [4.78, 5) is 27.3. The molecule has 220 valence electrons. The van der Waals surface area contributed by atoms with Crippen LogP contribution in [0.3, 0.4) is 0 Å². The number of methoxy groups -OCH3 is 1. The van der Waals surface area contributed by atoms with Crippen LogP contribution in [0.2, 0.25) is 5.02 Å². The van der Waals surface area contributed by atoms with Crippen LogP contribution in [0, 0.1) is 0 Å². The maximum atomic E-state index is 12.3. The molecule has 0 aliphatic carbocycles. The number of fused-ring (bicyclic) bond motifs is 1. The quantitative estimate of drug-likeness (QED) is 0.295. The van der Waals surface area contributed by atoms with Gasteiger partial charge in [-0.3, -0.25) is 9.69 Å². The van der Waals surface area contributed by atoms with Gasteiger partial charge in [0.1, 0.15) is 10.8 Å². The number of hydrogen-bond acceptors (Lipinski definition) is 9. The lowest BCUT2D eigenvalue weighted by Crippen LogP contribution is -2.37. The Labute approximate surface area is 251 Å². The number of ether oxygens (including phenoxy) is 1. The fraction of sp³-hybridized carbons (Fsp3) is 0.333. The molecule has 0 atom stereocenters. The predicted octanol–water partition coefficient (Wildman–Crippen LogP) is 4.37. The largest absolute Gasteiger partial charge is 0.495 e. The van der Waals surface area contributed by atoms with Crippen LogP contribution >= 0.6 is 11.6 Å². The molecule has 5 rings (SSSR count). The Bertz CT molecular complexity index is 1560. The number of benzene rings is 2. The van der Waals surface area contributed by atoms with Gasteiger partial charge >= 0.3 is 0 Å². The van der Waals surface area contributed by atoms with E-state index in [0.29, 0.717) is 29.1 Å². The standard InChI is InChI=1S/C30H36ClN9O2/c1-37(2)22-7-8-24(26(17-22)40-12-6-11-33-40)34-29-23(31)18-32-30(36-29)35-25-15-20-9-13-39(19-28(41)38(3)4)14-10-21(20)16-27(25)42-5/h6-8,11-12,15-18H,9-10,13-14,19H2,1-5H3,(H2,32,34,35,36). The van der Waals surface area contributed by atoms with Crippen molar-refractivity contribution in [2.24, 2.45) is 0 Å². The monoisotopic (exact) mass is 589 g/mol. The highest BCUT2D eigenvalue weighted by molar-refractivity contribution is 6.33. The third-order valence-corrected chi connectivity index (χ3v) is 7.54. The van der Waals surface area contributed by atoms with Crippen LogP contribution < -0.4 is 20.3 Å². The van der Waals surface area contributed by atoms with Crippen molar-refractivity contribution in [1.29, 1.82) is 0 Å². The summed E-state index contributed by atoms with van der Waals surface area (Å²) in [5.41, 5.74) is 5.85. The lowest BCUT2D eigenvalue weighted by molar-refractivity contribution is -0.129. The smallest absolute Gasteiger partial charge is 0.236 e. The average Bonchev–Trinajstić information content (AvgIpc) is 3.44. The second-order valence-corrected chi connectivity index (χ2v) is 11.0. The average molecular weight is 590 g/mol. The molecule has 2 aromatic heterocycles. The number of aromatic nitrogens is 4. The van der Waals surface area contributed by atoms with Gasteiger partial charge in [-0.05, 0) is 60.4 Å². The molecule has 3 heterocycles. The Morgan fingerprint density at radius 2 is 1.81 bits per heavy atom. The van der Waals surface area contributed by atoms with E-state index in [1.54, 1.807) is 43.2 Å². The van der Waals surface area contributed by atoms with Crippen LogP contribution in [-0.4, -0.2) is 90.4 Å². The summed E-state index contributed by atoms with van der Waals surface area (Å²) in [5.74, 6) is 1.63. The number of rotatable bonds is 9. The number of nitrogens with one attached hydrogen (secondary N) is 2. The van der Waals surface area contributed by atoms with Crippen molar-refractivity contribution in [1.82, 2.24) is 29.5 Å². The summed E-state index contributed by atoms with van der Waals surface area (Å²) >= 11 is 6.55. The van der Waals surface area contributed by atoms with Crippen molar-refractivity contribution in [3.8, 4) is 11.4 Å². The summed E-state index contributed by atoms with van der Waals surface area (Å²) < 4.78 is 7.53. The number of carbonyl (C=O) groups is 1. The maximum absolute atomic E-state index is 12.3. The van der Waals surface area contributed by atoms with Crippen LogP contribution in [0.25, 0.3) is 5.69 Å². The number of halogens is 1. The van der Waals surface area contributed by atoms with E-state index < -0.39 is 0 Å². The predicted molar refractivity (Wildman–Crippen MR) is 167 cm³/mol. The SMILES string of the molecule is COc1cc2c(cc1Nc1ncc(Cl)c(Nc3ccc(N(C)C)cc3-n3cccn3)n1)CCN(CC(=O)N(C)C)CC2. The summed E-state index contributed by atoms with van der Waals surface area (Å²) in [7, 11) is 9.21. The molecule has 0 spiro atoms. The molecule has 0 saturated heterocycles. The third kappa shape index (κ3) is 6.58. The van der Waals surface area contributed by atoms with E-state index in [0.717, 1.165) is 48.7 Å². The highest BCUT2D eigenvalue weighted by Crippen LogP contribution is 2.34. The highest BCUT2D eigenvalue weighted by Gasteiger charge is 2.20. The zero-order valence-electron chi connectivity index (χ0n) is 24.6. The minimum atomic E-state index is 0.107. The van der Waals surface area contributed by atoms with E-state index in [4.69, 9.17) is 21.3 Å². The fourth-order valence-electron chi connectivity index (χ4n) is 4.83. The van der Waals surface area contributed by atoms with E-state index >= 15 is 0 Å². The third-order valence-electron chi connectivity index (χ3n) is 7.27. The van der Waals surface area contributed by atoms with Gasteiger partial charge in [0, 0.05) is 59.4 Å². The number of nitrogens with zero attached hydrogens (tertiary/aromatic N) is 7. The van der Waals surface area contributed by atoms with Gasteiger partial charge in [0.15, 0.2) is 5.82 Å². The van der Waals surface area contributed by atoms with Gasteiger partial charge in [0.2, 0.25) is 11.9 Å². The molecule has 1 amide bonds. The minimum Gasteiger partial charge on any atom is -0.495 e. The van der Waals surface area contributed by atoms with Crippen molar-refractivity contribution in [2.75, 3.05) is 70.5 Å². The van der Waals surface area contributed by atoms with Crippen molar-refractivity contribution in [3.63, 3.8) is 0 Å². The molecule has 4 aromatic rings. The van der Waals surface area contributed by atoms with Crippen molar-refractivity contribution in [3.05, 3.63) is 71.1 Å². The topological polar surface area (TPSA) is 104 Å². The Kier molecular flexibility index (Phi) is 8.79. The van der Waals surface area contributed by atoms with Crippen LogP contribution in [0.4, 0.5) is 28.8 Å². The first kappa shape index (κ1) is 29.2. The molecule has 1 aliphatic rings. The van der Waals surface area contributed by atoms with Crippen LogP contribution in [0.1, 0.15) is 11.1 Å². The summed E-state index contributed by atoms with van der Waals surface area (Å²) in [5, 5.41) is 11.5. The van der Waals surface area contributed by atoms with Crippen molar-refractivity contribution in [2.45, 2.75) is 12.8 Å². The van der Waals surface area contributed by atoms with E-state index in [-0.39, 0.29) is 5.91 Å². The lowest BCUT2D eigenvalue weighted by Gasteiger charge is -2.21. The Morgan fingerprint density at radius 3 is 2.48 bits per heavy atom. The molecule has 11 nitrogen and oxygen atoms in total. The van der Waals surface area contributed by atoms with Gasteiger partial charge in [-0.15, -0.1) is 0 Å². The van der Waals surface area contributed by atoms with Gasteiger partial charge in [0.05, 0.1) is 36.9 Å². The van der Waals surface area contributed by atoms with E-state index in [9.17, 15) is 4.79 Å². The summed E-state index contributed by atoms with van der Waals surface area (Å²) in [6, 6.07) is 12.1. The molecule has 0 unspecified atom stereocenters. The lowest BCUT2D eigenvalue weighted by atomic mass is 10.0. The number of likely N-dealkylation sites (N-methyl/N-ethyl adjacent to an activating group) is 1. The van der Waals surface area contributed by atoms with E-state index in [1.165, 1.54) is 11.1 Å². The van der Waals surface area contributed by atoms with Crippen LogP contribution in [0.5, 0.6) is 5.75 Å². The van der Waals surface area contributed by atoms with Gasteiger partial charge in [-0.25, -0.2) is 9.67 Å². The second kappa shape index (κ2) is 12.7. The van der Waals surface area contributed by atoms with Crippen LogP contribution in [-0.2, 0) is 17.6 Å². The Morgan fingerprint density at radius 1 is 1.05 bits per heavy atom. The van der Waals surface area contributed by atoms with E-state index in [2.05, 4.69) is 37.7 Å². The normalized spacial score (nSPS) is 13.2. The Hall–Kier alpha value is -4.35. The summed E-state index contributed by atoms with van der Waals surface area (Å²) in [6.07, 6.45) is 6.85. The molecule has 1 aliphatic heterocycles. The van der Waals surface area contributed by atoms with E-state index in [1.807, 2.05) is 49.5 Å². The molecular formula is C30H36ClN9O2. The zero-order chi connectivity index (χ0) is 29.8. The molecule has 42 heavy (non-hydrogen) atoms. The van der Waals surface area contributed by atoms with Crippen molar-refractivity contribution >= 4 is 46.3 Å². The molecule has 0 fully saturated rings. The number of amides is 1. The second-order valence-electron chi connectivity index (χ2n) is 10.6. The first-order valence-electron chi connectivity index (χ1n) is 13.7. The van der Waals surface area contributed by atoms with Gasteiger partial charge in [0.25, 0.3) is 0 Å². The number of carbonyl (C=O) groups excluding carboxylic acids is 1. The minimum absolute atomic E-state index is 0.107. The number of hydrogen-bond donors (Lipinski definition) is 2. The molecule has 2 N–H and O–H groups in total. The zero-order valence-corrected chi connectivity index (χ0v) is 25.3. The highest BCUT2D eigenvalue weighted by atomic mass is 35.5. The van der Waals surface area contributed by atoms with Gasteiger partial charge < -0.3 is 25.2 Å². The van der Waals surface area contributed by atoms with Gasteiger partial charge in [-0.2, -0.15) is 10.1 Å². The molecule has 0 radical (unpaired) electrons. The number of anilines is 5. The first-order valence-corrected chi connectivity index (χ1v) is 14.1. The molecule has 12 heteroatoms. The molecule has 0 bridgehead atoms.